The minimum absolute atomic E-state index is 0.636. The topological polar surface area (TPSA) is 73.8 Å². The molecule has 0 bridgehead atoms. The molecule has 2 heterocycles. The van der Waals surface area contributed by atoms with Gasteiger partial charge in [0.1, 0.15) is 0 Å². The predicted molar refractivity (Wildman–Crippen MR) is 560 cm³/mol. The number of hydrogen-bond donors (Lipinski definition) is 0. The Morgan fingerprint density at radius 3 is 0.578 bits per heavy atom. The van der Waals surface area contributed by atoms with E-state index in [1.165, 1.54) is 281 Å². The summed E-state index contributed by atoms with van der Waals surface area (Å²) in [5.74, 6) is 7.00. The Balaban J connectivity index is 1.47. The first-order valence-electron chi connectivity index (χ1n) is 53.4. The maximum absolute atomic E-state index is 7.36. The van der Waals surface area contributed by atoms with Crippen molar-refractivity contribution in [2.45, 2.75) is 417 Å². The molecule has 2 aliphatic rings. The van der Waals surface area contributed by atoms with Crippen molar-refractivity contribution in [3.63, 3.8) is 0 Å². The van der Waals surface area contributed by atoms with Crippen LogP contribution in [0.3, 0.4) is 0 Å². The third-order valence-corrected chi connectivity index (χ3v) is 62.1. The molecule has 2 aliphatic carbocycles. The van der Waals surface area contributed by atoms with Crippen molar-refractivity contribution in [2.75, 3.05) is 52.9 Å². The first-order chi connectivity index (χ1) is 62.9. The average Bonchev–Trinajstić information content (AvgIpc) is 1.48. The molecule has 708 valence electrons. The average molecular weight is 2000 g/mol. The first-order valence-corrected chi connectivity index (χ1v) is 70.0. The van der Waals surface area contributed by atoms with Crippen molar-refractivity contribution < 1.29 is 37.9 Å². The number of thiophene rings is 2. The zero-order valence-electron chi connectivity index (χ0n) is 83.5. The van der Waals surface area contributed by atoms with Crippen LogP contribution in [-0.2, 0) is 10.8 Å². The minimum atomic E-state index is -3.34. The summed E-state index contributed by atoms with van der Waals surface area (Å²) in [5.41, 5.74) is 11.0. The number of fused-ring (bicyclic) bond motifs is 9. The molecule has 0 amide bonds. The van der Waals surface area contributed by atoms with Gasteiger partial charge in [-0.25, -0.2) is 0 Å². The molecule has 0 fully saturated rings. The van der Waals surface area contributed by atoms with Crippen LogP contribution in [0, 0.1) is 0 Å². The summed E-state index contributed by atoms with van der Waals surface area (Å²) < 4.78 is 73.2. The zero-order valence-corrected chi connectivity index (χ0v) is 90.8. The molecule has 128 heavy (non-hydrogen) atoms. The van der Waals surface area contributed by atoms with E-state index in [9.17, 15) is 0 Å². The second-order valence-electron chi connectivity index (χ2n) is 38.5. The summed E-state index contributed by atoms with van der Waals surface area (Å²) in [4.78, 5) is 2.71. The molecule has 6 aromatic carbocycles. The molecule has 0 atom stereocenters. The summed E-state index contributed by atoms with van der Waals surface area (Å²) >= 11 is -2.51. The summed E-state index contributed by atoms with van der Waals surface area (Å²) in [5, 5.41) is 0. The second kappa shape index (κ2) is 57.0. The third-order valence-electron chi connectivity index (χ3n) is 28.3. The van der Waals surface area contributed by atoms with Crippen LogP contribution in [0.5, 0.6) is 46.0 Å². The van der Waals surface area contributed by atoms with E-state index in [-0.39, 0.29) is 0 Å². The Labute approximate surface area is 797 Å². The number of hydrogen-bond acceptors (Lipinski definition) is 10. The standard InChI is InChI=1S/C92H122O8S2.6C4H9.2Sn/c1-9-17-25-37-49-93-73-57-69(58-74(65-73)94-50-38-26-18-10-2)91(70-59-75(95-51-39-27-19-11-3)66-76(60-70)96-52-40-28-20-12-4)83-47-35-33-45-81(83)87-85(91)89-90(101-87)86-88(102-89)82-46-34-36-48-84(82)92(86,71-61-77(97-53-41-29-21-13-5)67-78(62-71)98-54-42-30-22-14-6)72-63-79(99-55-43-31-23-15-7)68-80(64-72)100-56-44-32-24-16-8;6*1-3-4-2;;/h33-34,45-48,57-68H,9-32,37-44,49-56H2,1-8H3;6*1,3-4H2,2H3;;. The van der Waals surface area contributed by atoms with E-state index in [0.717, 1.165) is 149 Å². The van der Waals surface area contributed by atoms with Gasteiger partial charge in [-0.2, -0.15) is 0 Å². The van der Waals surface area contributed by atoms with E-state index in [2.05, 4.69) is 229 Å². The Bertz CT molecular complexity index is 3890. The maximum atomic E-state index is 7.36. The normalized spacial score (nSPS) is 13.1. The molecule has 0 radical (unpaired) electrons. The Kier molecular flexibility index (Phi) is 46.8. The van der Waals surface area contributed by atoms with Crippen LogP contribution in [0.4, 0.5) is 0 Å². The van der Waals surface area contributed by atoms with E-state index < -0.39 is 47.6 Å². The van der Waals surface area contributed by atoms with Gasteiger partial charge in [0.25, 0.3) is 0 Å². The molecule has 8 aromatic rings. The predicted octanol–water partition coefficient (Wildman–Crippen LogP) is 35.5. The quantitative estimate of drug-likeness (QED) is 0.0276. The fourth-order valence-corrected chi connectivity index (χ4v) is 56.0. The van der Waals surface area contributed by atoms with Gasteiger partial charge in [-0.15, -0.1) is 0 Å². The van der Waals surface area contributed by atoms with Gasteiger partial charge in [-0.05, 0) is 0 Å². The number of ether oxygens (including phenoxy) is 8. The van der Waals surface area contributed by atoms with E-state index in [0.29, 0.717) is 52.9 Å². The summed E-state index contributed by atoms with van der Waals surface area (Å²) in [6.45, 7) is 38.2. The number of benzene rings is 6. The zero-order chi connectivity index (χ0) is 90.7. The van der Waals surface area contributed by atoms with Crippen LogP contribution >= 0.6 is 22.7 Å². The van der Waals surface area contributed by atoms with Crippen LogP contribution in [0.15, 0.2) is 109 Å². The number of rotatable bonds is 72. The van der Waals surface area contributed by atoms with Gasteiger partial charge in [0.2, 0.25) is 0 Å². The van der Waals surface area contributed by atoms with Crippen LogP contribution < -0.4 is 45.1 Å². The molecule has 0 saturated heterocycles. The number of unbranched alkanes of at least 4 members (excludes halogenated alkanes) is 30. The van der Waals surface area contributed by atoms with Gasteiger partial charge in [-0.1, -0.05) is 107 Å². The molecule has 10 rings (SSSR count). The van der Waals surface area contributed by atoms with E-state index in [4.69, 9.17) is 37.9 Å². The van der Waals surface area contributed by atoms with Crippen molar-refractivity contribution >= 4 is 76.0 Å². The third kappa shape index (κ3) is 27.6. The monoisotopic (exact) mass is 2000 g/mol. The molecular weight excluding hydrogens is 1820 g/mol. The fraction of sp³-hybridized carbons (Fsp3) is 0.638. The van der Waals surface area contributed by atoms with Crippen LogP contribution in [0.2, 0.25) is 26.6 Å². The first kappa shape index (κ1) is 105. The van der Waals surface area contributed by atoms with Gasteiger partial charge in [0.05, 0.1) is 0 Å². The Morgan fingerprint density at radius 2 is 0.398 bits per heavy atom. The molecule has 8 nitrogen and oxygen atoms in total. The van der Waals surface area contributed by atoms with Crippen molar-refractivity contribution in [2.24, 2.45) is 0 Å². The van der Waals surface area contributed by atoms with Gasteiger partial charge in [-0.3, -0.25) is 0 Å². The van der Waals surface area contributed by atoms with Crippen LogP contribution in [0.25, 0.3) is 30.3 Å². The van der Waals surface area contributed by atoms with E-state index in [1.54, 1.807) is 7.16 Å². The SMILES string of the molecule is CCCCCCOc1cc(OCCCCCC)cc(C2(c3cc(OCCCCCC)cc(OCCCCCC)c3)c3c[c]([Sn]([CH2]CCC)([CH2]CCC)[CH2]CCC)ccc3-c3sc4c5c(sc4c32)-c2cc[c]([Sn]([CH2]CCC)([CH2]CCC)[CH2]CCC)cc2C5(c2cc(OCCCCCC)cc(OCCCCCC)c2)c2cc(OCCCCCC)cc(OCCCCCC)c2)c1. The van der Waals surface area contributed by atoms with Crippen LogP contribution in [0.1, 0.15) is 424 Å². The summed E-state index contributed by atoms with van der Waals surface area (Å²) in [7, 11) is 0. The molecule has 0 N–H and O–H groups in total. The van der Waals surface area contributed by atoms with E-state index in [1.807, 2.05) is 0 Å². The Hall–Kier alpha value is -5.02. The molecule has 0 unspecified atom stereocenters. The van der Waals surface area contributed by atoms with Gasteiger partial charge in [0, 0.05) is 0 Å². The van der Waals surface area contributed by atoms with Crippen molar-refractivity contribution in [1.29, 1.82) is 0 Å². The molecule has 0 saturated carbocycles. The molecular formula is C116H176O8S2Sn2. The summed E-state index contributed by atoms with van der Waals surface area (Å²) in [6, 6.07) is 45.6. The van der Waals surface area contributed by atoms with Gasteiger partial charge < -0.3 is 0 Å². The van der Waals surface area contributed by atoms with Crippen LogP contribution in [-0.4, -0.2) is 89.6 Å². The van der Waals surface area contributed by atoms with E-state index >= 15 is 0 Å². The second-order valence-corrected chi connectivity index (χ2v) is 67.0. The summed E-state index contributed by atoms with van der Waals surface area (Å²) in [6.07, 6.45) is 50.7. The van der Waals surface area contributed by atoms with Crippen molar-refractivity contribution in [3.05, 3.63) is 154 Å². The van der Waals surface area contributed by atoms with Gasteiger partial charge in [0.15, 0.2) is 0 Å². The molecule has 2 aromatic heterocycles. The fourth-order valence-electron chi connectivity index (χ4n) is 20.8. The molecule has 0 spiro atoms. The molecule has 0 aliphatic heterocycles. The van der Waals surface area contributed by atoms with Crippen molar-refractivity contribution in [1.82, 2.24) is 0 Å². The van der Waals surface area contributed by atoms with Crippen molar-refractivity contribution in [3.8, 4) is 66.9 Å². The van der Waals surface area contributed by atoms with Gasteiger partial charge >= 0.3 is 697 Å². The molecule has 12 heteroatoms. The Morgan fingerprint density at radius 1 is 0.211 bits per heavy atom.